The van der Waals surface area contributed by atoms with Crippen molar-refractivity contribution in [3.05, 3.63) is 29.4 Å². The molecule has 0 bridgehead atoms. The molecule has 7 nitrogen and oxygen atoms in total. The molecule has 0 amide bonds. The Morgan fingerprint density at radius 3 is 2.89 bits per heavy atom. The highest BCUT2D eigenvalue weighted by molar-refractivity contribution is 7.15. The van der Waals surface area contributed by atoms with Crippen molar-refractivity contribution in [3.63, 3.8) is 0 Å². The number of methoxy groups -OCH3 is 1. The molecule has 0 saturated heterocycles. The first kappa shape index (κ1) is 18.1. The maximum absolute atomic E-state index is 5.15. The summed E-state index contributed by atoms with van der Waals surface area (Å²) in [5, 5.41) is 13.9. The van der Waals surface area contributed by atoms with E-state index in [2.05, 4.69) is 25.4 Å². The van der Waals surface area contributed by atoms with Crippen molar-refractivity contribution in [1.29, 1.82) is 0 Å². The molecular weight excluding hydrogens is 360 g/mol. The lowest BCUT2D eigenvalue weighted by molar-refractivity contribution is 0.206. The monoisotopic (exact) mass is 384 g/mol. The Balaban J connectivity index is 1.51. The van der Waals surface area contributed by atoms with Crippen LogP contribution in [-0.4, -0.2) is 47.5 Å². The third kappa shape index (κ3) is 4.17. The highest BCUT2D eigenvalue weighted by Gasteiger charge is 2.21. The first-order chi connectivity index (χ1) is 13.2. The Morgan fingerprint density at radius 2 is 2.07 bits per heavy atom. The van der Waals surface area contributed by atoms with Crippen LogP contribution in [0.1, 0.15) is 36.6 Å². The number of aromatic nitrogens is 4. The Morgan fingerprint density at radius 1 is 1.22 bits per heavy atom. The summed E-state index contributed by atoms with van der Waals surface area (Å²) < 4.78 is 5.15. The lowest BCUT2D eigenvalue weighted by Gasteiger charge is -2.18. The van der Waals surface area contributed by atoms with Gasteiger partial charge in [-0.15, -0.1) is 10.2 Å². The van der Waals surface area contributed by atoms with Crippen molar-refractivity contribution >= 4 is 39.0 Å². The molecule has 0 atom stereocenters. The molecular formula is C19H24N6OS. The number of anilines is 3. The normalized spacial score (nSPS) is 14.7. The summed E-state index contributed by atoms with van der Waals surface area (Å²) in [6.07, 6.45) is 6.92. The van der Waals surface area contributed by atoms with Crippen molar-refractivity contribution in [2.24, 2.45) is 0 Å². The number of rotatable bonds is 7. The predicted octanol–water partition coefficient (Wildman–Crippen LogP) is 3.97. The molecule has 27 heavy (non-hydrogen) atoms. The average molecular weight is 385 g/mol. The van der Waals surface area contributed by atoms with Crippen LogP contribution in [0.3, 0.4) is 0 Å². The maximum atomic E-state index is 5.15. The summed E-state index contributed by atoms with van der Waals surface area (Å²) >= 11 is 1.64. The molecule has 1 fully saturated rings. The number of ether oxygens (including phenoxy) is 1. The Hall–Kier alpha value is -2.32. The van der Waals surface area contributed by atoms with Crippen LogP contribution in [0, 0.1) is 0 Å². The number of nitrogens with one attached hydrogen (secondary N) is 1. The summed E-state index contributed by atoms with van der Waals surface area (Å²) in [6.45, 7) is 1.47. The number of fused-ring (bicyclic) bond motifs is 1. The van der Waals surface area contributed by atoms with Gasteiger partial charge in [0.25, 0.3) is 0 Å². The second-order valence-corrected chi connectivity index (χ2v) is 7.90. The van der Waals surface area contributed by atoms with Crippen LogP contribution in [-0.2, 0) is 4.74 Å². The zero-order chi connectivity index (χ0) is 18.6. The zero-order valence-corrected chi connectivity index (χ0v) is 16.5. The van der Waals surface area contributed by atoms with Crippen molar-refractivity contribution in [3.8, 4) is 0 Å². The van der Waals surface area contributed by atoms with Crippen LogP contribution in [0.5, 0.6) is 0 Å². The Kier molecular flexibility index (Phi) is 5.45. The number of hydrogen-bond acceptors (Lipinski definition) is 8. The van der Waals surface area contributed by atoms with Crippen LogP contribution in [0.2, 0.25) is 0 Å². The number of nitrogens with zero attached hydrogens (tertiary/aromatic N) is 5. The van der Waals surface area contributed by atoms with E-state index >= 15 is 0 Å². The van der Waals surface area contributed by atoms with Crippen LogP contribution in [0.15, 0.2) is 24.4 Å². The van der Waals surface area contributed by atoms with E-state index in [0.29, 0.717) is 12.5 Å². The van der Waals surface area contributed by atoms with Crippen LogP contribution in [0.4, 0.5) is 16.6 Å². The molecule has 0 unspecified atom stereocenters. The molecule has 8 heteroatoms. The lowest BCUT2D eigenvalue weighted by atomic mass is 10.1. The number of pyridine rings is 2. The van der Waals surface area contributed by atoms with Gasteiger partial charge in [-0.1, -0.05) is 24.2 Å². The Labute approximate surface area is 162 Å². The molecule has 1 aliphatic carbocycles. The molecule has 3 aromatic heterocycles. The van der Waals surface area contributed by atoms with E-state index in [1.54, 1.807) is 18.4 Å². The quantitative estimate of drug-likeness (QED) is 0.660. The third-order valence-electron chi connectivity index (χ3n) is 4.97. The van der Waals surface area contributed by atoms with Crippen LogP contribution >= 0.6 is 11.3 Å². The molecule has 3 heterocycles. The molecule has 3 aromatic rings. The molecule has 0 radical (unpaired) electrons. The number of hydrogen-bond donors (Lipinski definition) is 1. The van der Waals surface area contributed by atoms with Gasteiger partial charge in [0.1, 0.15) is 10.8 Å². The summed E-state index contributed by atoms with van der Waals surface area (Å²) in [7, 11) is 3.73. The standard InChI is InChI=1S/C19H24N6OS/c1-25(9-10-26-2)14-11-16-15(20-12-14)7-8-17(21-16)22-19-24-23-18(27-19)13-5-3-4-6-13/h7-8,11-13H,3-6,9-10H2,1-2H3,(H,21,22,24). The first-order valence-corrected chi connectivity index (χ1v) is 10.1. The van der Waals surface area contributed by atoms with Gasteiger partial charge in [0.15, 0.2) is 0 Å². The minimum absolute atomic E-state index is 0.581. The zero-order valence-electron chi connectivity index (χ0n) is 15.7. The van der Waals surface area contributed by atoms with E-state index < -0.39 is 0 Å². The van der Waals surface area contributed by atoms with Gasteiger partial charge in [0.2, 0.25) is 5.13 Å². The van der Waals surface area contributed by atoms with Gasteiger partial charge in [-0.3, -0.25) is 4.98 Å². The SMILES string of the molecule is COCCN(C)c1cnc2ccc(Nc3nnc(C4CCCC4)s3)nc2c1. The van der Waals surface area contributed by atoms with Gasteiger partial charge in [-0.2, -0.15) is 0 Å². The van der Waals surface area contributed by atoms with Gasteiger partial charge in [0, 0.05) is 26.6 Å². The second kappa shape index (κ2) is 8.14. The van der Waals surface area contributed by atoms with E-state index in [-0.39, 0.29) is 0 Å². The van der Waals surface area contributed by atoms with Crippen LogP contribution in [0.25, 0.3) is 11.0 Å². The topological polar surface area (TPSA) is 76.1 Å². The smallest absolute Gasteiger partial charge is 0.211 e. The molecule has 1 N–H and O–H groups in total. The van der Waals surface area contributed by atoms with E-state index in [4.69, 9.17) is 9.72 Å². The third-order valence-corrected chi connectivity index (χ3v) is 5.98. The van der Waals surface area contributed by atoms with Crippen molar-refractivity contribution in [1.82, 2.24) is 20.2 Å². The van der Waals surface area contributed by atoms with Crippen molar-refractivity contribution < 1.29 is 4.74 Å². The van der Waals surface area contributed by atoms with Gasteiger partial charge in [-0.05, 0) is 31.0 Å². The van der Waals surface area contributed by atoms with Gasteiger partial charge in [-0.25, -0.2) is 4.98 Å². The minimum atomic E-state index is 0.581. The number of likely N-dealkylation sites (N-methyl/N-ethyl adjacent to an activating group) is 1. The largest absolute Gasteiger partial charge is 0.383 e. The van der Waals surface area contributed by atoms with Crippen LogP contribution < -0.4 is 10.2 Å². The fraction of sp³-hybridized carbons (Fsp3) is 0.474. The lowest BCUT2D eigenvalue weighted by Crippen LogP contribution is -2.22. The molecule has 4 rings (SSSR count). The summed E-state index contributed by atoms with van der Waals surface area (Å²) in [6, 6.07) is 5.95. The molecule has 0 spiro atoms. The van der Waals surface area contributed by atoms with E-state index in [1.807, 2.05) is 31.4 Å². The first-order valence-electron chi connectivity index (χ1n) is 9.30. The Bertz CT molecular complexity index is 908. The maximum Gasteiger partial charge on any atom is 0.211 e. The average Bonchev–Trinajstić information content (AvgIpc) is 3.37. The van der Waals surface area contributed by atoms with Gasteiger partial charge in [0.05, 0.1) is 29.5 Å². The van der Waals surface area contributed by atoms with Crippen molar-refractivity contribution in [2.75, 3.05) is 37.5 Å². The van der Waals surface area contributed by atoms with E-state index in [9.17, 15) is 0 Å². The molecule has 0 aromatic carbocycles. The van der Waals surface area contributed by atoms with Gasteiger partial charge < -0.3 is 15.0 Å². The van der Waals surface area contributed by atoms with Gasteiger partial charge >= 0.3 is 0 Å². The van der Waals surface area contributed by atoms with Crippen molar-refractivity contribution in [2.45, 2.75) is 31.6 Å². The summed E-state index contributed by atoms with van der Waals surface area (Å²) in [5.41, 5.74) is 2.74. The predicted molar refractivity (Wildman–Crippen MR) is 109 cm³/mol. The highest BCUT2D eigenvalue weighted by atomic mass is 32.1. The minimum Gasteiger partial charge on any atom is -0.383 e. The highest BCUT2D eigenvalue weighted by Crippen LogP contribution is 2.36. The van der Waals surface area contributed by atoms with E-state index in [0.717, 1.165) is 39.2 Å². The molecule has 142 valence electrons. The fourth-order valence-electron chi connectivity index (χ4n) is 3.36. The fourth-order valence-corrected chi connectivity index (χ4v) is 4.28. The second-order valence-electron chi connectivity index (χ2n) is 6.89. The molecule has 0 aliphatic heterocycles. The molecule has 1 saturated carbocycles. The van der Waals surface area contributed by atoms with E-state index in [1.165, 1.54) is 25.7 Å². The summed E-state index contributed by atoms with van der Waals surface area (Å²) in [4.78, 5) is 11.3. The molecule has 1 aliphatic rings. The summed E-state index contributed by atoms with van der Waals surface area (Å²) in [5.74, 6) is 1.34.